The Bertz CT molecular complexity index is 220. The van der Waals surface area contributed by atoms with Gasteiger partial charge in [-0.05, 0) is 18.8 Å². The van der Waals surface area contributed by atoms with Gasteiger partial charge in [0.05, 0.1) is 0 Å². The van der Waals surface area contributed by atoms with E-state index in [9.17, 15) is 9.59 Å². The van der Waals surface area contributed by atoms with Crippen LogP contribution in [-0.4, -0.2) is 34.5 Å². The molecule has 2 bridgehead atoms. The maximum Gasteiger partial charge on any atom is 0.408 e. The highest BCUT2D eigenvalue weighted by atomic mass is 16.4. The van der Waals surface area contributed by atoms with E-state index in [0.717, 1.165) is 19.1 Å². The third-order valence-electron chi connectivity index (χ3n) is 2.71. The molecule has 0 aromatic heterocycles. The Morgan fingerprint density at radius 2 is 2.27 bits per heavy atom. The predicted molar refractivity (Wildman–Crippen MR) is 36.2 cm³/mol. The van der Waals surface area contributed by atoms with Crippen molar-refractivity contribution in [2.45, 2.75) is 18.4 Å². The average molecular weight is 155 g/mol. The van der Waals surface area contributed by atoms with E-state index >= 15 is 0 Å². The van der Waals surface area contributed by atoms with Gasteiger partial charge in [-0.15, -0.1) is 0 Å². The van der Waals surface area contributed by atoms with E-state index in [-0.39, 0.29) is 0 Å². The van der Waals surface area contributed by atoms with E-state index in [1.165, 1.54) is 4.90 Å². The van der Waals surface area contributed by atoms with Crippen molar-refractivity contribution in [2.75, 3.05) is 6.54 Å². The number of carboxylic acid groups (broad SMARTS) is 1. The first-order chi connectivity index (χ1) is 5.18. The highest BCUT2D eigenvalue weighted by Crippen LogP contribution is 2.48. The zero-order chi connectivity index (χ0) is 8.06. The molecule has 0 unspecified atom stereocenters. The second-order valence-corrected chi connectivity index (χ2v) is 3.39. The van der Waals surface area contributed by atoms with Crippen molar-refractivity contribution in [3.8, 4) is 0 Å². The Labute approximate surface area is 63.8 Å². The first-order valence-corrected chi connectivity index (χ1v) is 3.65. The molecule has 0 aromatic carbocycles. The molecule has 4 nitrogen and oxygen atoms in total. The van der Waals surface area contributed by atoms with Crippen LogP contribution in [0.4, 0.5) is 4.79 Å². The Balaban J connectivity index is 2.24. The number of amides is 1. The summed E-state index contributed by atoms with van der Waals surface area (Å²) in [6, 6.07) is 0. The minimum absolute atomic E-state index is 0.441. The highest BCUT2D eigenvalue weighted by molar-refractivity contribution is 5.78. The fourth-order valence-electron chi connectivity index (χ4n) is 2.16. The SMILES string of the molecule is O=CC12CC(CN1C(=O)O)C2. The molecule has 3 fully saturated rings. The van der Waals surface area contributed by atoms with Crippen molar-refractivity contribution in [1.82, 2.24) is 4.90 Å². The Morgan fingerprint density at radius 3 is 2.64 bits per heavy atom. The van der Waals surface area contributed by atoms with Crippen LogP contribution in [-0.2, 0) is 4.79 Å². The van der Waals surface area contributed by atoms with Gasteiger partial charge in [-0.25, -0.2) is 4.79 Å². The van der Waals surface area contributed by atoms with Crippen molar-refractivity contribution in [3.63, 3.8) is 0 Å². The molecule has 1 aliphatic carbocycles. The zero-order valence-corrected chi connectivity index (χ0v) is 5.99. The molecule has 1 amide bonds. The lowest BCUT2D eigenvalue weighted by Crippen LogP contribution is -2.49. The Kier molecular flexibility index (Phi) is 1.06. The summed E-state index contributed by atoms with van der Waals surface area (Å²) in [6.07, 6.45) is 1.30. The van der Waals surface area contributed by atoms with Crippen molar-refractivity contribution in [1.29, 1.82) is 0 Å². The van der Waals surface area contributed by atoms with Crippen LogP contribution in [0, 0.1) is 5.92 Å². The van der Waals surface area contributed by atoms with Crippen LogP contribution in [0.15, 0.2) is 0 Å². The zero-order valence-electron chi connectivity index (χ0n) is 5.99. The summed E-state index contributed by atoms with van der Waals surface area (Å²) in [6.45, 7) is 0.550. The lowest BCUT2D eigenvalue weighted by Gasteiger charge is -2.35. The van der Waals surface area contributed by atoms with E-state index in [2.05, 4.69) is 0 Å². The van der Waals surface area contributed by atoms with Crippen LogP contribution in [0.5, 0.6) is 0 Å². The van der Waals surface area contributed by atoms with Gasteiger partial charge >= 0.3 is 6.09 Å². The lowest BCUT2D eigenvalue weighted by molar-refractivity contribution is -0.118. The number of nitrogens with zero attached hydrogens (tertiary/aromatic N) is 1. The molecule has 11 heavy (non-hydrogen) atoms. The topological polar surface area (TPSA) is 57.6 Å². The molecule has 0 aromatic rings. The molecule has 0 spiro atoms. The molecule has 3 aliphatic rings. The molecular formula is C7H9NO3. The van der Waals surface area contributed by atoms with Crippen LogP contribution >= 0.6 is 0 Å². The number of fused-ring (bicyclic) bond motifs is 1. The van der Waals surface area contributed by atoms with Gasteiger partial charge < -0.3 is 9.90 Å². The molecule has 2 aliphatic heterocycles. The molecule has 3 rings (SSSR count). The summed E-state index contributed by atoms with van der Waals surface area (Å²) in [4.78, 5) is 22.4. The summed E-state index contributed by atoms with van der Waals surface area (Å²) in [7, 11) is 0. The fraction of sp³-hybridized carbons (Fsp3) is 0.714. The molecular weight excluding hydrogens is 146 g/mol. The Morgan fingerprint density at radius 1 is 1.64 bits per heavy atom. The smallest absolute Gasteiger partial charge is 0.408 e. The maximum atomic E-state index is 10.6. The van der Waals surface area contributed by atoms with Gasteiger partial charge in [0.2, 0.25) is 0 Å². The third kappa shape index (κ3) is 0.640. The van der Waals surface area contributed by atoms with Crippen LogP contribution in [0.2, 0.25) is 0 Å². The number of carbonyl (C=O) groups is 2. The number of carbonyl (C=O) groups excluding carboxylic acids is 1. The van der Waals surface area contributed by atoms with E-state index in [1.54, 1.807) is 0 Å². The van der Waals surface area contributed by atoms with Gasteiger partial charge in [0.25, 0.3) is 0 Å². The second-order valence-electron chi connectivity index (χ2n) is 3.39. The number of hydrogen-bond acceptors (Lipinski definition) is 2. The van der Waals surface area contributed by atoms with E-state index in [0.29, 0.717) is 12.5 Å². The molecule has 2 heterocycles. The van der Waals surface area contributed by atoms with E-state index in [1.807, 2.05) is 0 Å². The summed E-state index contributed by atoms with van der Waals surface area (Å²) < 4.78 is 0. The van der Waals surface area contributed by atoms with Gasteiger partial charge in [0.15, 0.2) is 0 Å². The maximum absolute atomic E-state index is 10.6. The van der Waals surface area contributed by atoms with Crippen molar-refractivity contribution >= 4 is 12.4 Å². The summed E-state index contributed by atoms with van der Waals surface area (Å²) in [5, 5.41) is 8.67. The summed E-state index contributed by atoms with van der Waals surface area (Å²) in [5.41, 5.74) is -0.628. The largest absolute Gasteiger partial charge is 0.465 e. The normalized spacial score (nSPS) is 40.0. The van der Waals surface area contributed by atoms with E-state index in [4.69, 9.17) is 5.11 Å². The molecule has 0 atom stereocenters. The average Bonchev–Trinajstić information content (AvgIpc) is 2.37. The van der Waals surface area contributed by atoms with Gasteiger partial charge in [-0.2, -0.15) is 0 Å². The molecule has 1 N–H and O–H groups in total. The minimum atomic E-state index is -0.961. The summed E-state index contributed by atoms with van der Waals surface area (Å²) in [5.74, 6) is 0.441. The molecule has 2 saturated heterocycles. The molecule has 60 valence electrons. The van der Waals surface area contributed by atoms with Crippen molar-refractivity contribution in [3.05, 3.63) is 0 Å². The first kappa shape index (κ1) is 6.64. The quantitative estimate of drug-likeness (QED) is 0.555. The third-order valence-corrected chi connectivity index (χ3v) is 2.71. The van der Waals surface area contributed by atoms with Crippen molar-refractivity contribution in [2.24, 2.45) is 5.92 Å². The molecule has 4 heteroatoms. The lowest BCUT2D eigenvalue weighted by atomic mass is 9.74. The number of rotatable bonds is 1. The monoisotopic (exact) mass is 155 g/mol. The van der Waals surface area contributed by atoms with Crippen LogP contribution in [0.1, 0.15) is 12.8 Å². The molecule has 1 saturated carbocycles. The van der Waals surface area contributed by atoms with Gasteiger partial charge in [0, 0.05) is 6.54 Å². The highest BCUT2D eigenvalue weighted by Gasteiger charge is 2.58. The van der Waals surface area contributed by atoms with Gasteiger partial charge in [0.1, 0.15) is 11.8 Å². The number of hydrogen-bond donors (Lipinski definition) is 1. The number of aldehydes is 1. The fourth-order valence-corrected chi connectivity index (χ4v) is 2.16. The standard InChI is InChI=1S/C7H9NO3/c9-4-7-1-5(2-7)3-8(7)6(10)11/h4-5H,1-3H2,(H,10,11). The minimum Gasteiger partial charge on any atom is -0.465 e. The van der Waals surface area contributed by atoms with Crippen LogP contribution in [0.25, 0.3) is 0 Å². The summed E-state index contributed by atoms with van der Waals surface area (Å²) >= 11 is 0. The Hall–Kier alpha value is -1.06. The van der Waals surface area contributed by atoms with Gasteiger partial charge in [-0.3, -0.25) is 4.90 Å². The van der Waals surface area contributed by atoms with Crippen molar-refractivity contribution < 1.29 is 14.7 Å². The molecule has 0 radical (unpaired) electrons. The van der Waals surface area contributed by atoms with Gasteiger partial charge in [-0.1, -0.05) is 0 Å². The van der Waals surface area contributed by atoms with Crippen LogP contribution in [0.3, 0.4) is 0 Å². The first-order valence-electron chi connectivity index (χ1n) is 3.65. The van der Waals surface area contributed by atoms with Crippen LogP contribution < -0.4 is 0 Å². The van der Waals surface area contributed by atoms with E-state index < -0.39 is 11.6 Å². The predicted octanol–water partition coefficient (Wildman–Crippen LogP) is 0.328. The second kappa shape index (κ2) is 1.75.